The zero-order valence-corrected chi connectivity index (χ0v) is 9.18. The summed E-state index contributed by atoms with van der Waals surface area (Å²) in [7, 11) is -3.18. The molecule has 0 bridgehead atoms. The molecular formula is C8H18NO3P. The topological polar surface area (TPSA) is 69.4 Å². The average molecular weight is 207 g/mol. The van der Waals surface area contributed by atoms with Crippen molar-refractivity contribution in [3.63, 3.8) is 0 Å². The van der Waals surface area contributed by atoms with Gasteiger partial charge in [-0.1, -0.05) is 19.8 Å². The molecule has 0 aromatic carbocycles. The molecule has 0 saturated carbocycles. The summed E-state index contributed by atoms with van der Waals surface area (Å²) in [6.07, 6.45) is 2.98. The van der Waals surface area contributed by atoms with Gasteiger partial charge in [-0.05, 0) is 13.3 Å². The fraction of sp³-hybridized carbons (Fsp3) is 0.875. The fourth-order valence-corrected chi connectivity index (χ4v) is 2.55. The van der Waals surface area contributed by atoms with Gasteiger partial charge in [0.25, 0.3) is 7.37 Å². The number of hydrogen-bond acceptors (Lipinski definition) is 3. The van der Waals surface area contributed by atoms with E-state index in [2.05, 4.69) is 0 Å². The van der Waals surface area contributed by atoms with E-state index in [1.165, 1.54) is 0 Å². The predicted molar refractivity (Wildman–Crippen MR) is 53.2 cm³/mol. The maximum Gasteiger partial charge on any atom is 0.303 e. The molecule has 0 aliphatic carbocycles. The van der Waals surface area contributed by atoms with Gasteiger partial charge in [-0.2, -0.15) is 0 Å². The molecule has 5 heteroatoms. The van der Waals surface area contributed by atoms with E-state index in [0.29, 0.717) is 0 Å². The van der Waals surface area contributed by atoms with Crippen molar-refractivity contribution in [3.05, 3.63) is 0 Å². The highest BCUT2D eigenvalue weighted by Crippen LogP contribution is 2.47. The van der Waals surface area contributed by atoms with Crippen LogP contribution in [0.25, 0.3) is 0 Å². The molecule has 0 aliphatic heterocycles. The minimum Gasteiger partial charge on any atom is -0.361 e. The largest absolute Gasteiger partial charge is 0.361 e. The number of amides is 1. The van der Waals surface area contributed by atoms with Gasteiger partial charge in [0.1, 0.15) is 0 Å². The summed E-state index contributed by atoms with van der Waals surface area (Å²) in [6.45, 7) is 4.01. The molecule has 1 amide bonds. The van der Waals surface area contributed by atoms with E-state index in [0.717, 1.165) is 19.3 Å². The second-order valence-electron chi connectivity index (χ2n) is 2.86. The highest BCUT2D eigenvalue weighted by Gasteiger charge is 2.28. The lowest BCUT2D eigenvalue weighted by molar-refractivity contribution is 0.256. The van der Waals surface area contributed by atoms with Crippen LogP contribution in [0, 0.1) is 0 Å². The predicted octanol–water partition coefficient (Wildman–Crippen LogP) is 2.57. The van der Waals surface area contributed by atoms with Crippen molar-refractivity contribution in [2.45, 2.75) is 33.1 Å². The first-order valence-corrected chi connectivity index (χ1v) is 6.41. The van der Waals surface area contributed by atoms with Crippen LogP contribution >= 0.6 is 7.37 Å². The first kappa shape index (κ1) is 12.7. The Hall–Kier alpha value is -0.340. The van der Waals surface area contributed by atoms with Crippen molar-refractivity contribution in [3.8, 4) is 0 Å². The van der Waals surface area contributed by atoms with Gasteiger partial charge in [0.2, 0.25) is 0 Å². The molecule has 0 aromatic heterocycles. The van der Waals surface area contributed by atoms with Crippen LogP contribution in [0.4, 0.5) is 4.79 Å². The minimum atomic E-state index is -3.18. The summed E-state index contributed by atoms with van der Waals surface area (Å²) < 4.78 is 16.6. The number of carbonyl (C=O) groups is 1. The minimum absolute atomic E-state index is 0.270. The van der Waals surface area contributed by atoms with E-state index in [1.54, 1.807) is 6.92 Å². The molecule has 1 atom stereocenters. The highest BCUT2D eigenvalue weighted by atomic mass is 31.2. The van der Waals surface area contributed by atoms with E-state index in [9.17, 15) is 9.36 Å². The maximum absolute atomic E-state index is 11.7. The smallest absolute Gasteiger partial charge is 0.303 e. The van der Waals surface area contributed by atoms with Crippen molar-refractivity contribution < 1.29 is 13.9 Å². The van der Waals surface area contributed by atoms with Gasteiger partial charge in [0.15, 0.2) is 0 Å². The van der Waals surface area contributed by atoms with Crippen LogP contribution in [-0.4, -0.2) is 18.4 Å². The second-order valence-corrected chi connectivity index (χ2v) is 5.35. The third-order valence-corrected chi connectivity index (χ3v) is 3.98. The Kier molecular flexibility index (Phi) is 6.00. The monoisotopic (exact) mass is 207 g/mol. The zero-order chi connectivity index (χ0) is 10.3. The Morgan fingerprint density at radius 3 is 2.38 bits per heavy atom. The number of rotatable bonds is 7. The molecule has 0 radical (unpaired) electrons. The molecule has 0 saturated heterocycles. The summed E-state index contributed by atoms with van der Waals surface area (Å²) in [5.74, 6) is 0. The number of unbranched alkanes of at least 4 members (excludes halogenated alkanes) is 2. The Labute approximate surface area is 79.3 Å². The molecule has 13 heavy (non-hydrogen) atoms. The molecule has 0 rings (SSSR count). The zero-order valence-electron chi connectivity index (χ0n) is 8.28. The van der Waals surface area contributed by atoms with Gasteiger partial charge in [0, 0.05) is 6.16 Å². The van der Waals surface area contributed by atoms with Crippen LogP contribution in [-0.2, 0) is 9.09 Å². The van der Waals surface area contributed by atoms with Crippen molar-refractivity contribution in [2.75, 3.05) is 12.8 Å². The standard InChI is InChI=1S/C8H18NO3P/c1-3-5-6-7-13(11,8(9)10)12-4-2/h3-7H2,1-2H3,(H2,9,10). The highest BCUT2D eigenvalue weighted by molar-refractivity contribution is 7.76. The van der Waals surface area contributed by atoms with Crippen LogP contribution in [0.5, 0.6) is 0 Å². The summed E-state index contributed by atoms with van der Waals surface area (Å²) in [5, 5.41) is 0. The van der Waals surface area contributed by atoms with Gasteiger partial charge < -0.3 is 10.3 Å². The van der Waals surface area contributed by atoms with Crippen molar-refractivity contribution in [1.29, 1.82) is 0 Å². The number of nitrogens with two attached hydrogens (primary N) is 1. The van der Waals surface area contributed by atoms with Gasteiger partial charge in [-0.3, -0.25) is 9.36 Å². The van der Waals surface area contributed by atoms with Crippen molar-refractivity contribution >= 4 is 13.0 Å². The second kappa shape index (κ2) is 6.17. The SMILES string of the molecule is CCCCCP(=O)(OCC)C(N)=O. The summed E-state index contributed by atoms with van der Waals surface area (Å²) in [6, 6.07) is 0. The van der Waals surface area contributed by atoms with E-state index in [4.69, 9.17) is 10.3 Å². The molecule has 0 fully saturated rings. The first-order valence-electron chi connectivity index (χ1n) is 4.60. The molecular weight excluding hydrogens is 189 g/mol. The number of carbonyl (C=O) groups excluding carboxylic acids is 1. The summed E-state index contributed by atoms with van der Waals surface area (Å²) >= 11 is 0. The Balaban J connectivity index is 4.09. The lowest BCUT2D eigenvalue weighted by atomic mass is 10.3. The lowest BCUT2D eigenvalue weighted by Gasteiger charge is -2.13. The van der Waals surface area contributed by atoms with Crippen LogP contribution in [0.2, 0.25) is 0 Å². The maximum atomic E-state index is 11.7. The first-order chi connectivity index (χ1) is 6.06. The summed E-state index contributed by atoms with van der Waals surface area (Å²) in [4.78, 5) is 10.8. The van der Waals surface area contributed by atoms with Gasteiger partial charge in [-0.25, -0.2) is 0 Å². The quantitative estimate of drug-likeness (QED) is 0.515. The number of hydrogen-bond donors (Lipinski definition) is 1. The molecule has 0 spiro atoms. The Morgan fingerprint density at radius 2 is 2.00 bits per heavy atom. The molecule has 1 unspecified atom stereocenters. The van der Waals surface area contributed by atoms with Crippen LogP contribution in [0.1, 0.15) is 33.1 Å². The van der Waals surface area contributed by atoms with Gasteiger partial charge in [-0.15, -0.1) is 0 Å². The van der Waals surface area contributed by atoms with Crippen LogP contribution < -0.4 is 5.73 Å². The molecule has 78 valence electrons. The van der Waals surface area contributed by atoms with Crippen molar-refractivity contribution in [2.24, 2.45) is 5.73 Å². The van der Waals surface area contributed by atoms with Gasteiger partial charge in [0.05, 0.1) is 6.61 Å². The van der Waals surface area contributed by atoms with Crippen LogP contribution in [0.15, 0.2) is 0 Å². The molecule has 0 heterocycles. The normalized spacial score (nSPS) is 15.2. The molecule has 0 aromatic rings. The molecule has 0 aliphatic rings. The molecule has 4 nitrogen and oxygen atoms in total. The van der Waals surface area contributed by atoms with E-state index in [1.807, 2.05) is 6.92 Å². The van der Waals surface area contributed by atoms with E-state index >= 15 is 0 Å². The van der Waals surface area contributed by atoms with E-state index < -0.39 is 13.0 Å². The summed E-state index contributed by atoms with van der Waals surface area (Å²) in [5.41, 5.74) is 4.21. The third-order valence-electron chi connectivity index (χ3n) is 1.73. The number of primary amides is 1. The molecule has 2 N–H and O–H groups in total. The lowest BCUT2D eigenvalue weighted by Crippen LogP contribution is -2.14. The average Bonchev–Trinajstić information content (AvgIpc) is 2.05. The fourth-order valence-electron chi connectivity index (χ4n) is 1.02. The van der Waals surface area contributed by atoms with Gasteiger partial charge >= 0.3 is 5.65 Å². The Morgan fingerprint density at radius 1 is 1.38 bits per heavy atom. The van der Waals surface area contributed by atoms with E-state index in [-0.39, 0.29) is 12.8 Å². The Bertz CT molecular complexity index is 206. The van der Waals surface area contributed by atoms with Crippen LogP contribution in [0.3, 0.4) is 0 Å². The van der Waals surface area contributed by atoms with Crippen molar-refractivity contribution in [1.82, 2.24) is 0 Å². The third kappa shape index (κ3) is 4.44.